The number of para-hydroxylation sites is 1. The van der Waals surface area contributed by atoms with Gasteiger partial charge in [0.15, 0.2) is 0 Å². The van der Waals surface area contributed by atoms with E-state index in [0.717, 1.165) is 36.0 Å². The van der Waals surface area contributed by atoms with Gasteiger partial charge in [0, 0.05) is 21.7 Å². The fourth-order valence-corrected chi connectivity index (χ4v) is 3.30. The molecule has 0 unspecified atom stereocenters. The third-order valence-corrected chi connectivity index (χ3v) is 4.69. The van der Waals surface area contributed by atoms with Crippen LogP contribution in [0.5, 0.6) is 0 Å². The van der Waals surface area contributed by atoms with E-state index < -0.39 is 0 Å². The van der Waals surface area contributed by atoms with Crippen molar-refractivity contribution in [2.45, 2.75) is 19.3 Å². The van der Waals surface area contributed by atoms with Crippen molar-refractivity contribution in [2.75, 3.05) is 11.4 Å². The molecule has 3 rings (SSSR count). The molecule has 0 saturated carbocycles. The number of nitrogens with zero attached hydrogens (tertiary/aromatic N) is 1. The molecule has 0 bridgehead atoms. The zero-order chi connectivity index (χ0) is 14.8. The van der Waals surface area contributed by atoms with Crippen LogP contribution < -0.4 is 4.90 Å². The minimum atomic E-state index is -0.00118. The summed E-state index contributed by atoms with van der Waals surface area (Å²) in [5.41, 5.74) is 2.87. The minimum Gasteiger partial charge on any atom is -0.308 e. The lowest BCUT2D eigenvalue weighted by Crippen LogP contribution is -2.32. The monoisotopic (exact) mass is 363 g/mol. The number of anilines is 1. The Morgan fingerprint density at radius 3 is 2.81 bits per heavy atom. The molecule has 0 atom stereocenters. The first kappa shape index (κ1) is 14.6. The molecule has 1 heterocycles. The lowest BCUT2D eigenvalue weighted by Gasteiger charge is -2.23. The molecule has 1 aliphatic rings. The second-order valence-electron chi connectivity index (χ2n) is 5.17. The molecule has 0 saturated heterocycles. The van der Waals surface area contributed by atoms with Crippen LogP contribution in [0.2, 0.25) is 5.02 Å². The maximum Gasteiger partial charge on any atom is 0.259 e. The molecule has 0 N–H and O–H groups in total. The maximum atomic E-state index is 12.9. The van der Waals surface area contributed by atoms with E-state index in [9.17, 15) is 4.79 Å². The number of benzene rings is 2. The second-order valence-corrected chi connectivity index (χ2v) is 6.46. The van der Waals surface area contributed by atoms with E-state index in [-0.39, 0.29) is 5.91 Å². The molecule has 0 aliphatic carbocycles. The molecule has 0 radical (unpaired) electrons. The lowest BCUT2D eigenvalue weighted by molar-refractivity contribution is 0.0986. The number of fused-ring (bicyclic) bond motifs is 1. The number of amides is 1. The zero-order valence-electron chi connectivity index (χ0n) is 11.5. The molecular formula is C17H15BrClNO. The largest absolute Gasteiger partial charge is 0.308 e. The van der Waals surface area contributed by atoms with E-state index in [4.69, 9.17) is 11.6 Å². The number of hydrogen-bond donors (Lipinski definition) is 0. The van der Waals surface area contributed by atoms with Crippen LogP contribution in [0.15, 0.2) is 46.9 Å². The van der Waals surface area contributed by atoms with Gasteiger partial charge in [-0.3, -0.25) is 4.79 Å². The topological polar surface area (TPSA) is 20.3 Å². The standard InChI is InChI=1S/C17H15BrClNO/c18-15-9-8-13(19)11-14(15)17(21)20-10-4-3-6-12-5-1-2-7-16(12)20/h1-2,5,7-9,11H,3-4,6,10H2. The highest BCUT2D eigenvalue weighted by Crippen LogP contribution is 2.30. The molecule has 0 spiro atoms. The normalized spacial score (nSPS) is 14.5. The second kappa shape index (κ2) is 6.20. The quantitative estimate of drug-likeness (QED) is 0.690. The summed E-state index contributed by atoms with van der Waals surface area (Å²) in [5.74, 6) is -0.00118. The van der Waals surface area contributed by atoms with Gasteiger partial charge in [-0.2, -0.15) is 0 Å². The highest BCUT2D eigenvalue weighted by Gasteiger charge is 2.23. The molecule has 0 fully saturated rings. The number of halogens is 2. The van der Waals surface area contributed by atoms with Crippen LogP contribution in [0.4, 0.5) is 5.69 Å². The predicted octanol–water partition coefficient (Wildman–Crippen LogP) is 5.09. The van der Waals surface area contributed by atoms with Crippen LogP contribution in [-0.2, 0) is 6.42 Å². The Labute approximate surface area is 137 Å². The first-order valence-electron chi connectivity index (χ1n) is 7.01. The van der Waals surface area contributed by atoms with Crippen LogP contribution in [0, 0.1) is 0 Å². The minimum absolute atomic E-state index is 0.00118. The SMILES string of the molecule is O=C(c1cc(Cl)ccc1Br)N1CCCCc2ccccc21. The molecule has 108 valence electrons. The van der Waals surface area contributed by atoms with Gasteiger partial charge in [0.2, 0.25) is 0 Å². The van der Waals surface area contributed by atoms with Crippen molar-refractivity contribution in [3.8, 4) is 0 Å². The molecule has 2 nitrogen and oxygen atoms in total. The van der Waals surface area contributed by atoms with Gasteiger partial charge in [-0.15, -0.1) is 0 Å². The number of rotatable bonds is 1. The van der Waals surface area contributed by atoms with Gasteiger partial charge >= 0.3 is 0 Å². The van der Waals surface area contributed by atoms with Crippen molar-refractivity contribution >= 4 is 39.1 Å². The summed E-state index contributed by atoms with van der Waals surface area (Å²) < 4.78 is 0.777. The Balaban J connectivity index is 2.03. The fraction of sp³-hybridized carbons (Fsp3) is 0.235. The first-order chi connectivity index (χ1) is 10.2. The summed E-state index contributed by atoms with van der Waals surface area (Å²) in [6.07, 6.45) is 3.15. The van der Waals surface area contributed by atoms with Crippen molar-refractivity contribution in [3.63, 3.8) is 0 Å². The average molecular weight is 365 g/mol. The Morgan fingerprint density at radius 1 is 1.14 bits per heavy atom. The lowest BCUT2D eigenvalue weighted by atomic mass is 10.1. The maximum absolute atomic E-state index is 12.9. The third-order valence-electron chi connectivity index (χ3n) is 3.76. The Kier molecular flexibility index (Phi) is 4.32. The number of hydrogen-bond acceptors (Lipinski definition) is 1. The van der Waals surface area contributed by atoms with E-state index in [1.165, 1.54) is 5.56 Å². The van der Waals surface area contributed by atoms with Gasteiger partial charge in [0.05, 0.1) is 5.56 Å². The molecule has 4 heteroatoms. The predicted molar refractivity (Wildman–Crippen MR) is 90.2 cm³/mol. The van der Waals surface area contributed by atoms with Crippen molar-refractivity contribution in [3.05, 3.63) is 63.1 Å². The van der Waals surface area contributed by atoms with Crippen molar-refractivity contribution in [1.82, 2.24) is 0 Å². The van der Waals surface area contributed by atoms with Crippen molar-refractivity contribution < 1.29 is 4.79 Å². The summed E-state index contributed by atoms with van der Waals surface area (Å²) in [7, 11) is 0. The Hall–Kier alpha value is -1.32. The summed E-state index contributed by atoms with van der Waals surface area (Å²) >= 11 is 9.49. The fourth-order valence-electron chi connectivity index (χ4n) is 2.71. The third kappa shape index (κ3) is 2.99. The summed E-state index contributed by atoms with van der Waals surface area (Å²) in [5, 5.41) is 0.574. The van der Waals surface area contributed by atoms with Crippen LogP contribution in [-0.4, -0.2) is 12.5 Å². The van der Waals surface area contributed by atoms with Crippen LogP contribution >= 0.6 is 27.5 Å². The number of carbonyl (C=O) groups excluding carboxylic acids is 1. The molecule has 0 aromatic heterocycles. The summed E-state index contributed by atoms with van der Waals surface area (Å²) in [6.45, 7) is 0.745. The number of aryl methyl sites for hydroxylation is 1. The van der Waals surface area contributed by atoms with E-state index >= 15 is 0 Å². The van der Waals surface area contributed by atoms with Gasteiger partial charge < -0.3 is 4.90 Å². The van der Waals surface area contributed by atoms with Gasteiger partial charge in [0.25, 0.3) is 5.91 Å². The highest BCUT2D eigenvalue weighted by atomic mass is 79.9. The van der Waals surface area contributed by atoms with E-state index in [2.05, 4.69) is 22.0 Å². The van der Waals surface area contributed by atoms with Gasteiger partial charge in [0.1, 0.15) is 0 Å². The smallest absolute Gasteiger partial charge is 0.259 e. The molecule has 2 aromatic carbocycles. The molecule has 21 heavy (non-hydrogen) atoms. The Morgan fingerprint density at radius 2 is 1.95 bits per heavy atom. The first-order valence-corrected chi connectivity index (χ1v) is 8.19. The summed E-state index contributed by atoms with van der Waals surface area (Å²) in [4.78, 5) is 14.8. The van der Waals surface area contributed by atoms with E-state index in [1.807, 2.05) is 29.2 Å². The molecule has 2 aromatic rings. The number of carbonyl (C=O) groups is 1. The molecule has 1 aliphatic heterocycles. The van der Waals surface area contributed by atoms with Gasteiger partial charge in [-0.1, -0.05) is 29.8 Å². The van der Waals surface area contributed by atoms with Crippen molar-refractivity contribution in [1.29, 1.82) is 0 Å². The molecule has 1 amide bonds. The average Bonchev–Trinajstić information content (AvgIpc) is 2.71. The van der Waals surface area contributed by atoms with Crippen LogP contribution in [0.1, 0.15) is 28.8 Å². The van der Waals surface area contributed by atoms with E-state index in [0.29, 0.717) is 10.6 Å². The van der Waals surface area contributed by atoms with Gasteiger partial charge in [-0.05, 0) is 65.0 Å². The van der Waals surface area contributed by atoms with E-state index in [1.54, 1.807) is 12.1 Å². The highest BCUT2D eigenvalue weighted by molar-refractivity contribution is 9.10. The van der Waals surface area contributed by atoms with Crippen LogP contribution in [0.3, 0.4) is 0 Å². The van der Waals surface area contributed by atoms with Crippen LogP contribution in [0.25, 0.3) is 0 Å². The van der Waals surface area contributed by atoms with Gasteiger partial charge in [-0.25, -0.2) is 0 Å². The summed E-state index contributed by atoms with van der Waals surface area (Å²) in [6, 6.07) is 13.5. The molecular weight excluding hydrogens is 350 g/mol. The van der Waals surface area contributed by atoms with Crippen molar-refractivity contribution in [2.24, 2.45) is 0 Å². The Bertz CT molecular complexity index is 686. The zero-order valence-corrected chi connectivity index (χ0v) is 13.8.